The second-order valence-electron chi connectivity index (χ2n) is 3.47. The van der Waals surface area contributed by atoms with Crippen LogP contribution in [-0.4, -0.2) is 11.1 Å². The van der Waals surface area contributed by atoms with Gasteiger partial charge in [-0.15, -0.1) is 0 Å². The third-order valence-electron chi connectivity index (χ3n) is 2.31. The molecule has 78 valence electrons. The quantitative estimate of drug-likeness (QED) is 0.808. The number of aliphatic hydroxyl groups is 1. The lowest BCUT2D eigenvalue weighted by atomic mass is 10.0. The van der Waals surface area contributed by atoms with Gasteiger partial charge in [0.15, 0.2) is 0 Å². The van der Waals surface area contributed by atoms with Crippen LogP contribution in [0, 0.1) is 0 Å². The molecule has 0 bridgehead atoms. The van der Waals surface area contributed by atoms with Gasteiger partial charge in [0, 0.05) is 11.1 Å². The van der Waals surface area contributed by atoms with E-state index in [9.17, 15) is 5.11 Å². The predicted molar refractivity (Wildman–Crippen MR) is 59.3 cm³/mol. The summed E-state index contributed by atoms with van der Waals surface area (Å²) in [5, 5.41) is 10.5. The van der Waals surface area contributed by atoms with Crippen molar-refractivity contribution in [3.05, 3.63) is 34.9 Å². The normalized spacial score (nSPS) is 15.1. The van der Waals surface area contributed by atoms with Gasteiger partial charge in [-0.05, 0) is 30.5 Å². The maximum Gasteiger partial charge on any atom is 0.0804 e. The first-order valence-electron chi connectivity index (χ1n) is 4.82. The second kappa shape index (κ2) is 5.35. The van der Waals surface area contributed by atoms with Crippen molar-refractivity contribution < 1.29 is 5.11 Å². The van der Waals surface area contributed by atoms with Crippen LogP contribution in [0.2, 0.25) is 5.02 Å². The van der Waals surface area contributed by atoms with Crippen molar-refractivity contribution >= 4 is 11.6 Å². The fourth-order valence-corrected chi connectivity index (χ4v) is 1.40. The van der Waals surface area contributed by atoms with Gasteiger partial charge in [0.05, 0.1) is 6.10 Å². The Morgan fingerprint density at radius 1 is 1.36 bits per heavy atom. The van der Waals surface area contributed by atoms with Gasteiger partial charge >= 0.3 is 0 Å². The lowest BCUT2D eigenvalue weighted by molar-refractivity contribution is 0.157. The minimum atomic E-state index is -0.484. The molecule has 0 spiro atoms. The molecule has 0 aliphatic heterocycles. The van der Waals surface area contributed by atoms with Crippen molar-refractivity contribution in [2.75, 3.05) is 0 Å². The van der Waals surface area contributed by atoms with Crippen LogP contribution in [0.15, 0.2) is 24.3 Å². The highest BCUT2D eigenvalue weighted by Gasteiger charge is 2.10. The molecule has 0 saturated heterocycles. The molecule has 1 aromatic carbocycles. The van der Waals surface area contributed by atoms with Crippen molar-refractivity contribution in [1.29, 1.82) is 0 Å². The molecule has 14 heavy (non-hydrogen) atoms. The summed E-state index contributed by atoms with van der Waals surface area (Å²) in [4.78, 5) is 0. The van der Waals surface area contributed by atoms with E-state index < -0.39 is 6.10 Å². The molecule has 2 nitrogen and oxygen atoms in total. The smallest absolute Gasteiger partial charge is 0.0804 e. The van der Waals surface area contributed by atoms with E-state index in [1.54, 1.807) is 12.1 Å². The van der Waals surface area contributed by atoms with E-state index in [0.717, 1.165) is 12.0 Å². The van der Waals surface area contributed by atoms with Gasteiger partial charge < -0.3 is 10.8 Å². The third-order valence-corrected chi connectivity index (χ3v) is 2.56. The number of hydrogen-bond acceptors (Lipinski definition) is 2. The lowest BCUT2D eigenvalue weighted by Crippen LogP contribution is -2.21. The van der Waals surface area contributed by atoms with Crippen LogP contribution in [0.25, 0.3) is 0 Å². The molecule has 0 aliphatic carbocycles. The fraction of sp³-hybridized carbons (Fsp3) is 0.455. The van der Waals surface area contributed by atoms with E-state index in [0.29, 0.717) is 11.4 Å². The topological polar surface area (TPSA) is 46.2 Å². The van der Waals surface area contributed by atoms with Crippen LogP contribution < -0.4 is 5.73 Å². The van der Waals surface area contributed by atoms with Gasteiger partial charge in [-0.2, -0.15) is 0 Å². The average Bonchev–Trinajstić information content (AvgIpc) is 2.18. The Morgan fingerprint density at radius 3 is 2.43 bits per heavy atom. The van der Waals surface area contributed by atoms with Crippen LogP contribution in [0.3, 0.4) is 0 Å². The van der Waals surface area contributed by atoms with Crippen molar-refractivity contribution in [1.82, 2.24) is 0 Å². The van der Waals surface area contributed by atoms with Crippen LogP contribution in [0.1, 0.15) is 31.4 Å². The number of nitrogens with two attached hydrogens (primary N) is 1. The molecular formula is C11H16ClNO. The van der Waals surface area contributed by atoms with E-state index >= 15 is 0 Å². The number of hydrogen-bond donors (Lipinski definition) is 2. The number of rotatable bonds is 4. The summed E-state index contributed by atoms with van der Waals surface area (Å²) >= 11 is 5.74. The maximum absolute atomic E-state index is 9.79. The van der Waals surface area contributed by atoms with Crippen molar-refractivity contribution in [3.8, 4) is 0 Å². The Labute approximate surface area is 89.7 Å². The zero-order chi connectivity index (χ0) is 10.6. The lowest BCUT2D eigenvalue weighted by Gasteiger charge is -2.15. The Balaban J connectivity index is 2.60. The first-order valence-corrected chi connectivity index (χ1v) is 5.20. The Bertz CT molecular complexity index is 273. The zero-order valence-corrected chi connectivity index (χ0v) is 9.04. The Hall–Kier alpha value is -0.570. The molecule has 0 fully saturated rings. The average molecular weight is 214 g/mol. The van der Waals surface area contributed by atoms with E-state index in [1.807, 2.05) is 19.1 Å². The summed E-state index contributed by atoms with van der Waals surface area (Å²) < 4.78 is 0. The van der Waals surface area contributed by atoms with E-state index in [4.69, 9.17) is 17.3 Å². The highest BCUT2D eigenvalue weighted by atomic mass is 35.5. The molecule has 3 N–H and O–H groups in total. The van der Waals surface area contributed by atoms with Gasteiger partial charge in [-0.25, -0.2) is 0 Å². The highest BCUT2D eigenvalue weighted by molar-refractivity contribution is 6.30. The van der Waals surface area contributed by atoms with Crippen molar-refractivity contribution in [2.45, 2.75) is 31.9 Å². The summed E-state index contributed by atoms with van der Waals surface area (Å²) in [5.41, 5.74) is 6.63. The molecule has 0 aromatic heterocycles. The molecule has 3 heteroatoms. The second-order valence-corrected chi connectivity index (χ2v) is 3.91. The van der Waals surface area contributed by atoms with E-state index in [-0.39, 0.29) is 6.04 Å². The maximum atomic E-state index is 9.79. The van der Waals surface area contributed by atoms with Gasteiger partial charge in [-0.3, -0.25) is 0 Å². The van der Waals surface area contributed by atoms with Crippen LogP contribution in [0.4, 0.5) is 0 Å². The van der Waals surface area contributed by atoms with Gasteiger partial charge in [0.1, 0.15) is 0 Å². The summed E-state index contributed by atoms with van der Waals surface area (Å²) in [7, 11) is 0. The van der Waals surface area contributed by atoms with Crippen molar-refractivity contribution in [2.24, 2.45) is 5.73 Å². The van der Waals surface area contributed by atoms with E-state index in [1.165, 1.54) is 0 Å². The predicted octanol–water partition coefficient (Wildman–Crippen LogP) is 2.50. The SMILES string of the molecule is CCC(N)CC(O)c1ccc(Cl)cc1. The highest BCUT2D eigenvalue weighted by Crippen LogP contribution is 2.20. The molecule has 0 saturated carbocycles. The van der Waals surface area contributed by atoms with Crippen LogP contribution >= 0.6 is 11.6 Å². The molecule has 1 aromatic rings. The zero-order valence-electron chi connectivity index (χ0n) is 8.28. The van der Waals surface area contributed by atoms with Crippen LogP contribution in [0.5, 0.6) is 0 Å². The van der Waals surface area contributed by atoms with E-state index in [2.05, 4.69) is 0 Å². The summed E-state index contributed by atoms with van der Waals surface area (Å²) in [5.74, 6) is 0. The third kappa shape index (κ3) is 3.29. The monoisotopic (exact) mass is 213 g/mol. The number of aliphatic hydroxyl groups excluding tert-OH is 1. The Kier molecular flexibility index (Phi) is 4.39. The van der Waals surface area contributed by atoms with Gasteiger partial charge in [0.2, 0.25) is 0 Å². The number of benzene rings is 1. The molecular weight excluding hydrogens is 198 g/mol. The van der Waals surface area contributed by atoms with Gasteiger partial charge in [0.25, 0.3) is 0 Å². The molecule has 0 aliphatic rings. The summed E-state index contributed by atoms with van der Waals surface area (Å²) in [6, 6.07) is 7.26. The molecule has 0 amide bonds. The summed E-state index contributed by atoms with van der Waals surface area (Å²) in [6.07, 6.45) is 0.991. The van der Waals surface area contributed by atoms with Gasteiger partial charge in [-0.1, -0.05) is 30.7 Å². The standard InChI is InChI=1S/C11H16ClNO/c1-2-10(13)7-11(14)8-3-5-9(12)6-4-8/h3-6,10-11,14H,2,7,13H2,1H3. The molecule has 0 radical (unpaired) electrons. The Morgan fingerprint density at radius 2 is 1.93 bits per heavy atom. The fourth-order valence-electron chi connectivity index (χ4n) is 1.27. The first-order chi connectivity index (χ1) is 6.63. The summed E-state index contributed by atoms with van der Waals surface area (Å²) in [6.45, 7) is 2.01. The molecule has 2 unspecified atom stereocenters. The van der Waals surface area contributed by atoms with Crippen LogP contribution in [-0.2, 0) is 0 Å². The largest absolute Gasteiger partial charge is 0.388 e. The minimum absolute atomic E-state index is 0.0562. The minimum Gasteiger partial charge on any atom is -0.388 e. The number of halogens is 1. The molecule has 2 atom stereocenters. The van der Waals surface area contributed by atoms with Crippen molar-refractivity contribution in [3.63, 3.8) is 0 Å². The first kappa shape index (κ1) is 11.5. The molecule has 0 heterocycles. The molecule has 1 rings (SSSR count).